The summed E-state index contributed by atoms with van der Waals surface area (Å²) in [6.07, 6.45) is 0. The molecule has 0 unspecified atom stereocenters. The minimum Gasteiger partial charge on any atom is -0.398 e. The molecule has 1 heterocycles. The minimum atomic E-state index is 0.345. The summed E-state index contributed by atoms with van der Waals surface area (Å²) in [5, 5.41) is 5.55. The number of rotatable bonds is 4. The minimum absolute atomic E-state index is 0.345. The van der Waals surface area contributed by atoms with E-state index in [-0.39, 0.29) is 0 Å². The number of benzene rings is 1. The van der Waals surface area contributed by atoms with Gasteiger partial charge in [0.25, 0.3) is 0 Å². The Hall–Kier alpha value is -1.32. The quantitative estimate of drug-likeness (QED) is 0.866. The van der Waals surface area contributed by atoms with E-state index in [2.05, 4.69) is 43.4 Å². The molecule has 2 nitrogen and oxygen atoms in total. The molecule has 0 aliphatic carbocycles. The van der Waals surface area contributed by atoms with Crippen molar-refractivity contribution in [2.75, 3.05) is 5.73 Å². The van der Waals surface area contributed by atoms with E-state index >= 15 is 0 Å². The molecular formula is C14H18N2S. The summed E-state index contributed by atoms with van der Waals surface area (Å²) in [5.74, 6) is 0. The van der Waals surface area contributed by atoms with E-state index in [1.165, 1.54) is 16.0 Å². The van der Waals surface area contributed by atoms with Crippen molar-refractivity contribution >= 4 is 17.0 Å². The van der Waals surface area contributed by atoms with Crippen LogP contribution in [0.1, 0.15) is 29.0 Å². The van der Waals surface area contributed by atoms with Crippen molar-refractivity contribution in [3.63, 3.8) is 0 Å². The standard InChI is InChI=1S/C14H18N2S/c1-10-5-3-4-6-12(10)11(2)16-9-14-13(15)7-8-17-14/h3-8,11,16H,9,15H2,1-2H3/t11-/m0/s1. The van der Waals surface area contributed by atoms with Gasteiger partial charge in [0.2, 0.25) is 0 Å². The third-order valence-corrected chi connectivity index (χ3v) is 3.94. The highest BCUT2D eigenvalue weighted by Crippen LogP contribution is 2.21. The van der Waals surface area contributed by atoms with Gasteiger partial charge in [-0.25, -0.2) is 0 Å². The summed E-state index contributed by atoms with van der Waals surface area (Å²) in [6, 6.07) is 10.8. The molecule has 0 aliphatic heterocycles. The number of nitrogen functional groups attached to an aromatic ring is 1. The Balaban J connectivity index is 2.01. The SMILES string of the molecule is Cc1ccccc1[C@H](C)NCc1sccc1N. The molecule has 0 fully saturated rings. The molecule has 1 atom stereocenters. The molecule has 0 amide bonds. The van der Waals surface area contributed by atoms with Crippen LogP contribution in [0.3, 0.4) is 0 Å². The van der Waals surface area contributed by atoms with E-state index in [1.807, 2.05) is 11.4 Å². The zero-order chi connectivity index (χ0) is 12.3. The third kappa shape index (κ3) is 2.87. The van der Waals surface area contributed by atoms with E-state index < -0.39 is 0 Å². The second-order valence-corrected chi connectivity index (χ2v) is 5.26. The summed E-state index contributed by atoms with van der Waals surface area (Å²) < 4.78 is 0. The first-order valence-corrected chi connectivity index (χ1v) is 6.67. The Morgan fingerprint density at radius 2 is 2.06 bits per heavy atom. The van der Waals surface area contributed by atoms with Gasteiger partial charge in [-0.3, -0.25) is 0 Å². The van der Waals surface area contributed by atoms with Gasteiger partial charge in [-0.1, -0.05) is 24.3 Å². The van der Waals surface area contributed by atoms with Gasteiger partial charge < -0.3 is 11.1 Å². The predicted octanol–water partition coefficient (Wildman–Crippen LogP) is 3.49. The van der Waals surface area contributed by atoms with Crippen LogP contribution >= 0.6 is 11.3 Å². The summed E-state index contributed by atoms with van der Waals surface area (Å²) in [6.45, 7) is 5.16. The normalized spacial score (nSPS) is 12.6. The molecule has 0 radical (unpaired) electrons. The first-order valence-electron chi connectivity index (χ1n) is 5.79. The topological polar surface area (TPSA) is 38.0 Å². The Bertz CT molecular complexity index is 490. The first kappa shape index (κ1) is 12.1. The van der Waals surface area contributed by atoms with Crippen molar-refractivity contribution in [2.24, 2.45) is 0 Å². The maximum Gasteiger partial charge on any atom is 0.0468 e. The number of aryl methyl sites for hydroxylation is 1. The van der Waals surface area contributed by atoms with Crippen molar-refractivity contribution < 1.29 is 0 Å². The molecule has 3 heteroatoms. The van der Waals surface area contributed by atoms with E-state index in [1.54, 1.807) is 11.3 Å². The summed E-state index contributed by atoms with van der Waals surface area (Å²) in [7, 11) is 0. The lowest BCUT2D eigenvalue weighted by molar-refractivity contribution is 0.577. The van der Waals surface area contributed by atoms with Crippen molar-refractivity contribution in [3.05, 3.63) is 51.7 Å². The molecule has 0 saturated heterocycles. The Morgan fingerprint density at radius 3 is 2.71 bits per heavy atom. The van der Waals surface area contributed by atoms with Gasteiger partial charge in [0.1, 0.15) is 0 Å². The van der Waals surface area contributed by atoms with Crippen molar-refractivity contribution in [2.45, 2.75) is 26.4 Å². The molecule has 0 bridgehead atoms. The summed E-state index contributed by atoms with van der Waals surface area (Å²) in [5.41, 5.74) is 9.43. The van der Waals surface area contributed by atoms with Gasteiger partial charge in [0.05, 0.1) is 0 Å². The molecule has 1 aromatic heterocycles. The van der Waals surface area contributed by atoms with Crippen LogP contribution in [0.5, 0.6) is 0 Å². The highest BCUT2D eigenvalue weighted by Gasteiger charge is 2.08. The molecule has 3 N–H and O–H groups in total. The van der Waals surface area contributed by atoms with Crippen LogP contribution in [0, 0.1) is 6.92 Å². The largest absolute Gasteiger partial charge is 0.398 e. The molecule has 2 aromatic rings. The van der Waals surface area contributed by atoms with Gasteiger partial charge in [0.15, 0.2) is 0 Å². The monoisotopic (exact) mass is 246 g/mol. The molecule has 1 aromatic carbocycles. The van der Waals surface area contributed by atoms with Crippen LogP contribution in [0.25, 0.3) is 0 Å². The number of hydrogen-bond donors (Lipinski definition) is 2. The van der Waals surface area contributed by atoms with Crippen LogP contribution in [-0.2, 0) is 6.54 Å². The van der Waals surface area contributed by atoms with Gasteiger partial charge in [-0.2, -0.15) is 0 Å². The second-order valence-electron chi connectivity index (χ2n) is 4.26. The fraction of sp³-hybridized carbons (Fsp3) is 0.286. The zero-order valence-corrected chi connectivity index (χ0v) is 11.1. The fourth-order valence-corrected chi connectivity index (χ4v) is 2.67. The average molecular weight is 246 g/mol. The average Bonchev–Trinajstić information content (AvgIpc) is 2.72. The Labute approximate surface area is 106 Å². The van der Waals surface area contributed by atoms with Crippen LogP contribution in [-0.4, -0.2) is 0 Å². The van der Waals surface area contributed by atoms with Crippen LogP contribution in [0.4, 0.5) is 5.69 Å². The highest BCUT2D eigenvalue weighted by molar-refractivity contribution is 7.10. The summed E-state index contributed by atoms with van der Waals surface area (Å²) >= 11 is 1.70. The third-order valence-electron chi connectivity index (χ3n) is 3.00. The molecule has 0 aliphatic rings. The van der Waals surface area contributed by atoms with E-state index in [4.69, 9.17) is 5.73 Å². The van der Waals surface area contributed by atoms with Crippen LogP contribution < -0.4 is 11.1 Å². The fourth-order valence-electron chi connectivity index (χ4n) is 1.92. The van der Waals surface area contributed by atoms with Gasteiger partial charge >= 0.3 is 0 Å². The van der Waals surface area contributed by atoms with Crippen LogP contribution in [0.15, 0.2) is 35.7 Å². The van der Waals surface area contributed by atoms with Crippen molar-refractivity contribution in [3.8, 4) is 0 Å². The van der Waals surface area contributed by atoms with Crippen molar-refractivity contribution in [1.82, 2.24) is 5.32 Å². The highest BCUT2D eigenvalue weighted by atomic mass is 32.1. The number of anilines is 1. The second kappa shape index (κ2) is 5.34. The number of nitrogens with one attached hydrogen (secondary N) is 1. The molecule has 0 spiro atoms. The Morgan fingerprint density at radius 1 is 1.29 bits per heavy atom. The maximum atomic E-state index is 5.87. The molecule has 90 valence electrons. The predicted molar refractivity (Wildman–Crippen MR) is 75.2 cm³/mol. The van der Waals surface area contributed by atoms with Crippen LogP contribution in [0.2, 0.25) is 0 Å². The molecule has 0 saturated carbocycles. The smallest absolute Gasteiger partial charge is 0.0468 e. The lowest BCUT2D eigenvalue weighted by Gasteiger charge is -2.16. The zero-order valence-electron chi connectivity index (χ0n) is 10.2. The van der Waals surface area contributed by atoms with E-state index in [0.717, 1.165) is 12.2 Å². The first-order chi connectivity index (χ1) is 8.18. The number of thiophene rings is 1. The van der Waals surface area contributed by atoms with E-state index in [9.17, 15) is 0 Å². The Kier molecular flexibility index (Phi) is 3.82. The van der Waals surface area contributed by atoms with Gasteiger partial charge in [0, 0.05) is 23.2 Å². The maximum absolute atomic E-state index is 5.87. The number of hydrogen-bond acceptors (Lipinski definition) is 3. The van der Waals surface area contributed by atoms with Gasteiger partial charge in [-0.15, -0.1) is 11.3 Å². The summed E-state index contributed by atoms with van der Waals surface area (Å²) in [4.78, 5) is 1.21. The number of nitrogens with two attached hydrogens (primary N) is 1. The van der Waals surface area contributed by atoms with Crippen molar-refractivity contribution in [1.29, 1.82) is 0 Å². The lowest BCUT2D eigenvalue weighted by atomic mass is 10.0. The van der Waals surface area contributed by atoms with Gasteiger partial charge in [-0.05, 0) is 36.4 Å². The lowest BCUT2D eigenvalue weighted by Crippen LogP contribution is -2.18. The molecular weight excluding hydrogens is 228 g/mol. The molecule has 17 heavy (non-hydrogen) atoms. The van der Waals surface area contributed by atoms with E-state index in [0.29, 0.717) is 6.04 Å². The molecule has 2 rings (SSSR count).